The molecule has 0 heterocycles. The van der Waals surface area contributed by atoms with Crippen LogP contribution in [-0.4, -0.2) is 49.9 Å². The number of nitrogens with one attached hydrogen (secondary N) is 1. The van der Waals surface area contributed by atoms with E-state index in [2.05, 4.69) is 21.2 Å². The van der Waals surface area contributed by atoms with Gasteiger partial charge < -0.3 is 15.0 Å². The molecule has 0 spiro atoms. The Morgan fingerprint density at radius 2 is 1.63 bits per heavy atom. The zero-order valence-electron chi connectivity index (χ0n) is 24.3. The lowest BCUT2D eigenvalue weighted by molar-refractivity contribution is -0.140. The Morgan fingerprint density at radius 1 is 1.00 bits per heavy atom. The predicted molar refractivity (Wildman–Crippen MR) is 165 cm³/mol. The first kappa shape index (κ1) is 32.1. The first-order chi connectivity index (χ1) is 19.2. The maximum absolute atomic E-state index is 14.0. The molecule has 8 nitrogen and oxygen atoms in total. The lowest BCUT2D eigenvalue weighted by atomic mass is 10.1. The summed E-state index contributed by atoms with van der Waals surface area (Å²) in [5.41, 5.74) is 1.63. The van der Waals surface area contributed by atoms with E-state index in [4.69, 9.17) is 4.74 Å². The number of benzene rings is 3. The number of amides is 2. The summed E-state index contributed by atoms with van der Waals surface area (Å²) in [5, 5.41) is 2.93. The second-order valence-electron chi connectivity index (χ2n) is 10.8. The summed E-state index contributed by atoms with van der Waals surface area (Å²) in [5.74, 6) is -0.267. The highest BCUT2D eigenvalue weighted by Crippen LogP contribution is 2.27. The Hall–Kier alpha value is -3.37. The van der Waals surface area contributed by atoms with Gasteiger partial charge in [0.1, 0.15) is 18.3 Å². The van der Waals surface area contributed by atoms with E-state index in [9.17, 15) is 18.0 Å². The van der Waals surface area contributed by atoms with E-state index >= 15 is 0 Å². The van der Waals surface area contributed by atoms with Crippen molar-refractivity contribution in [3.8, 4) is 5.75 Å². The smallest absolute Gasteiger partial charge is 0.264 e. The highest BCUT2D eigenvalue weighted by molar-refractivity contribution is 9.10. The summed E-state index contributed by atoms with van der Waals surface area (Å²) < 4.78 is 35.2. The Kier molecular flexibility index (Phi) is 10.6. The van der Waals surface area contributed by atoms with Gasteiger partial charge in [0.2, 0.25) is 11.8 Å². The summed E-state index contributed by atoms with van der Waals surface area (Å²) in [6.45, 7) is 11.1. The van der Waals surface area contributed by atoms with E-state index in [1.807, 2.05) is 58.9 Å². The van der Waals surface area contributed by atoms with Crippen LogP contribution in [0.4, 0.5) is 5.69 Å². The zero-order valence-corrected chi connectivity index (χ0v) is 26.8. The lowest BCUT2D eigenvalue weighted by Gasteiger charge is -2.33. The van der Waals surface area contributed by atoms with Crippen LogP contribution in [-0.2, 0) is 26.2 Å². The fourth-order valence-corrected chi connectivity index (χ4v) is 5.88. The largest absolute Gasteiger partial charge is 0.494 e. The Bertz CT molecular complexity index is 1450. The van der Waals surface area contributed by atoms with Crippen LogP contribution in [0.2, 0.25) is 0 Å². The molecule has 0 radical (unpaired) electrons. The topological polar surface area (TPSA) is 96.0 Å². The van der Waals surface area contributed by atoms with Crippen LogP contribution in [0.25, 0.3) is 0 Å². The first-order valence-corrected chi connectivity index (χ1v) is 15.6. The van der Waals surface area contributed by atoms with Crippen LogP contribution in [0.1, 0.15) is 45.7 Å². The molecule has 2 amide bonds. The standard InChI is InChI=1S/C31H38BrN3O5S/c1-7-40-27-15-13-26(14-16-27)35(41(38,39)28-17-11-25(32)12-18-28)21-29(36)34(20-24-10-8-9-22(2)19-24)23(3)30(37)33-31(4,5)6/h8-19,23H,7,20-21H2,1-6H3,(H,33,37)/t23-/m0/s1. The molecule has 0 aliphatic carbocycles. The van der Waals surface area contributed by atoms with Gasteiger partial charge in [-0.3, -0.25) is 13.9 Å². The highest BCUT2D eigenvalue weighted by Gasteiger charge is 2.33. The van der Waals surface area contributed by atoms with Crippen molar-refractivity contribution >= 4 is 43.5 Å². The van der Waals surface area contributed by atoms with E-state index in [0.717, 1.165) is 19.9 Å². The third-order valence-corrected chi connectivity index (χ3v) is 8.53. The monoisotopic (exact) mass is 643 g/mol. The number of hydrogen-bond donors (Lipinski definition) is 1. The molecule has 0 saturated heterocycles. The van der Waals surface area contributed by atoms with E-state index in [1.165, 1.54) is 17.0 Å². The molecule has 3 aromatic carbocycles. The number of hydrogen-bond acceptors (Lipinski definition) is 5. The summed E-state index contributed by atoms with van der Waals surface area (Å²) >= 11 is 3.34. The van der Waals surface area contributed by atoms with Gasteiger partial charge in [-0.15, -0.1) is 0 Å². The van der Waals surface area contributed by atoms with Gasteiger partial charge in [0.25, 0.3) is 10.0 Å². The van der Waals surface area contributed by atoms with Gasteiger partial charge in [-0.2, -0.15) is 0 Å². The average molecular weight is 645 g/mol. The van der Waals surface area contributed by atoms with Crippen molar-refractivity contribution < 1.29 is 22.7 Å². The number of aryl methyl sites for hydroxylation is 1. The molecule has 220 valence electrons. The van der Waals surface area contributed by atoms with Gasteiger partial charge in [-0.05, 0) is 95.6 Å². The van der Waals surface area contributed by atoms with E-state index in [-0.39, 0.29) is 17.3 Å². The summed E-state index contributed by atoms with van der Waals surface area (Å²) in [6, 6.07) is 19.6. The van der Waals surface area contributed by atoms with Crippen molar-refractivity contribution in [1.29, 1.82) is 0 Å². The predicted octanol–water partition coefficient (Wildman–Crippen LogP) is 5.68. The fourth-order valence-electron chi connectivity index (χ4n) is 4.20. The van der Waals surface area contributed by atoms with Crippen molar-refractivity contribution in [3.63, 3.8) is 0 Å². The molecule has 0 aromatic heterocycles. The maximum atomic E-state index is 14.0. The van der Waals surface area contributed by atoms with Gasteiger partial charge in [0.15, 0.2) is 0 Å². The molecule has 3 aromatic rings. The number of ether oxygens (including phenoxy) is 1. The molecule has 10 heteroatoms. The molecule has 0 fully saturated rings. The van der Waals surface area contributed by atoms with E-state index in [1.54, 1.807) is 43.3 Å². The van der Waals surface area contributed by atoms with Crippen LogP contribution in [0.5, 0.6) is 5.75 Å². The number of nitrogens with zero attached hydrogens (tertiary/aromatic N) is 2. The lowest BCUT2D eigenvalue weighted by Crippen LogP contribution is -2.54. The highest BCUT2D eigenvalue weighted by atomic mass is 79.9. The summed E-state index contributed by atoms with van der Waals surface area (Å²) in [7, 11) is -4.16. The van der Waals surface area contributed by atoms with Gasteiger partial charge in [0.05, 0.1) is 17.2 Å². The Balaban J connectivity index is 2.04. The summed E-state index contributed by atoms with van der Waals surface area (Å²) in [4.78, 5) is 28.7. The van der Waals surface area contributed by atoms with Crippen LogP contribution in [0.15, 0.2) is 82.2 Å². The third-order valence-electron chi connectivity index (χ3n) is 6.22. The SMILES string of the molecule is CCOc1ccc(N(CC(=O)N(Cc2cccc(C)c2)[C@@H](C)C(=O)NC(C)(C)C)S(=O)(=O)c2ccc(Br)cc2)cc1. The molecule has 1 atom stereocenters. The fraction of sp³-hybridized carbons (Fsp3) is 0.355. The van der Waals surface area contributed by atoms with Gasteiger partial charge in [0, 0.05) is 16.6 Å². The first-order valence-electron chi connectivity index (χ1n) is 13.4. The minimum absolute atomic E-state index is 0.0335. The molecule has 0 unspecified atom stereocenters. The number of carbonyl (C=O) groups excluding carboxylic acids is 2. The van der Waals surface area contributed by atoms with E-state index in [0.29, 0.717) is 18.0 Å². The molecule has 0 bridgehead atoms. The van der Waals surface area contributed by atoms with Crippen LogP contribution >= 0.6 is 15.9 Å². The molecular weight excluding hydrogens is 606 g/mol. The van der Waals surface area contributed by atoms with Gasteiger partial charge >= 0.3 is 0 Å². The molecule has 41 heavy (non-hydrogen) atoms. The quantitative estimate of drug-likeness (QED) is 0.290. The molecular formula is C31H38BrN3O5S. The molecule has 0 aliphatic heterocycles. The molecule has 1 N–H and O–H groups in total. The molecule has 0 saturated carbocycles. The average Bonchev–Trinajstić information content (AvgIpc) is 2.90. The molecule has 0 aliphatic rings. The number of sulfonamides is 1. The summed E-state index contributed by atoms with van der Waals surface area (Å²) in [6.07, 6.45) is 0. The third kappa shape index (κ3) is 8.81. The van der Waals surface area contributed by atoms with Crippen molar-refractivity contribution in [3.05, 3.63) is 88.4 Å². The minimum atomic E-state index is -4.16. The number of anilines is 1. The second kappa shape index (κ2) is 13.5. The number of rotatable bonds is 11. The van der Waals surface area contributed by atoms with Crippen LogP contribution in [0, 0.1) is 6.92 Å². The number of carbonyl (C=O) groups is 2. The van der Waals surface area contributed by atoms with E-state index < -0.39 is 34.1 Å². The minimum Gasteiger partial charge on any atom is -0.494 e. The number of halogens is 1. The van der Waals surface area contributed by atoms with Crippen molar-refractivity contribution in [1.82, 2.24) is 10.2 Å². The maximum Gasteiger partial charge on any atom is 0.264 e. The van der Waals surface area contributed by atoms with Gasteiger partial charge in [-0.1, -0.05) is 45.8 Å². The second-order valence-corrected chi connectivity index (χ2v) is 13.6. The normalized spacial score (nSPS) is 12.4. The molecule has 3 rings (SSSR count). The Labute approximate surface area is 251 Å². The van der Waals surface area contributed by atoms with Crippen LogP contribution < -0.4 is 14.4 Å². The zero-order chi connectivity index (χ0) is 30.4. The van der Waals surface area contributed by atoms with Crippen molar-refractivity contribution in [2.45, 2.75) is 64.6 Å². The van der Waals surface area contributed by atoms with Crippen LogP contribution in [0.3, 0.4) is 0 Å². The Morgan fingerprint density at radius 3 is 2.20 bits per heavy atom. The van der Waals surface area contributed by atoms with Crippen molar-refractivity contribution in [2.75, 3.05) is 17.5 Å². The van der Waals surface area contributed by atoms with Crippen molar-refractivity contribution in [2.24, 2.45) is 0 Å². The van der Waals surface area contributed by atoms with Gasteiger partial charge in [-0.25, -0.2) is 8.42 Å².